The molecule has 0 spiro atoms. The van der Waals surface area contributed by atoms with E-state index >= 15 is 0 Å². The quantitative estimate of drug-likeness (QED) is 0.661. The molecule has 7 heteroatoms. The second-order valence-electron chi connectivity index (χ2n) is 4.92. The Balaban J connectivity index is 2.52. The van der Waals surface area contributed by atoms with E-state index in [9.17, 15) is 13.2 Å². The zero-order chi connectivity index (χ0) is 14.3. The number of nitrogens with zero attached hydrogens (tertiary/aromatic N) is 1. The zero-order valence-electron chi connectivity index (χ0n) is 11.5. The van der Waals surface area contributed by atoms with E-state index in [1.165, 1.54) is 0 Å². The Morgan fingerprint density at radius 3 is 2.68 bits per heavy atom. The average molecular weight is 292 g/mol. The van der Waals surface area contributed by atoms with Gasteiger partial charge in [0.1, 0.15) is 6.04 Å². The highest BCUT2D eigenvalue weighted by Crippen LogP contribution is 2.19. The summed E-state index contributed by atoms with van der Waals surface area (Å²) in [5.74, 6) is -1.06. The largest absolute Gasteiger partial charge is 0.480 e. The Bertz CT molecular complexity index is 383. The van der Waals surface area contributed by atoms with Crippen LogP contribution in [0.1, 0.15) is 51.9 Å². The molecule has 1 heterocycles. The van der Waals surface area contributed by atoms with Crippen molar-refractivity contribution in [2.75, 3.05) is 13.1 Å². The van der Waals surface area contributed by atoms with Gasteiger partial charge in [0.2, 0.25) is 0 Å². The molecule has 1 rings (SSSR count). The van der Waals surface area contributed by atoms with Crippen LogP contribution in [0.5, 0.6) is 0 Å². The Hall–Kier alpha value is -0.660. The zero-order valence-corrected chi connectivity index (χ0v) is 12.3. The molecular formula is C12H24N2O4S. The van der Waals surface area contributed by atoms with Gasteiger partial charge in [0.25, 0.3) is 10.2 Å². The van der Waals surface area contributed by atoms with Gasteiger partial charge in [-0.15, -0.1) is 0 Å². The minimum absolute atomic E-state index is 0.293. The average Bonchev–Trinajstić information content (AvgIpc) is 2.38. The summed E-state index contributed by atoms with van der Waals surface area (Å²) in [4.78, 5) is 11.1. The van der Waals surface area contributed by atoms with Gasteiger partial charge in [0.05, 0.1) is 0 Å². The maximum atomic E-state index is 12.1. The van der Waals surface area contributed by atoms with Gasteiger partial charge < -0.3 is 5.11 Å². The first-order chi connectivity index (χ1) is 8.99. The van der Waals surface area contributed by atoms with Crippen LogP contribution >= 0.6 is 0 Å². The van der Waals surface area contributed by atoms with Gasteiger partial charge in [-0.1, -0.05) is 26.2 Å². The fraction of sp³-hybridized carbons (Fsp3) is 0.917. The Morgan fingerprint density at radius 2 is 2.05 bits per heavy atom. The van der Waals surface area contributed by atoms with Crippen molar-refractivity contribution in [3.8, 4) is 0 Å². The summed E-state index contributed by atoms with van der Waals surface area (Å²) in [5.41, 5.74) is 0. The van der Waals surface area contributed by atoms with Crippen LogP contribution in [0.4, 0.5) is 0 Å². The molecular weight excluding hydrogens is 268 g/mol. The SMILES string of the molecule is CCCCCCNS(=O)(=O)N1CCCCC1C(=O)O. The van der Waals surface area contributed by atoms with E-state index in [4.69, 9.17) is 5.11 Å². The molecule has 0 aromatic rings. The molecule has 1 saturated heterocycles. The molecule has 19 heavy (non-hydrogen) atoms. The van der Waals surface area contributed by atoms with Crippen molar-refractivity contribution in [2.24, 2.45) is 0 Å². The van der Waals surface area contributed by atoms with Crippen molar-refractivity contribution in [2.45, 2.75) is 57.9 Å². The molecule has 1 fully saturated rings. The van der Waals surface area contributed by atoms with E-state index in [1.807, 2.05) is 0 Å². The smallest absolute Gasteiger partial charge is 0.322 e. The molecule has 0 bridgehead atoms. The van der Waals surface area contributed by atoms with Crippen molar-refractivity contribution >= 4 is 16.2 Å². The summed E-state index contributed by atoms with van der Waals surface area (Å²) in [6, 6.07) is -0.915. The molecule has 0 aliphatic carbocycles. The molecule has 0 amide bonds. The van der Waals surface area contributed by atoms with Crippen molar-refractivity contribution in [1.82, 2.24) is 9.03 Å². The molecule has 0 radical (unpaired) electrons. The van der Waals surface area contributed by atoms with Crippen LogP contribution in [0.15, 0.2) is 0 Å². The summed E-state index contributed by atoms with van der Waals surface area (Å²) in [6.45, 7) is 2.77. The number of unbranched alkanes of at least 4 members (excludes halogenated alkanes) is 3. The Labute approximate surface area is 115 Å². The number of carboxylic acids is 1. The number of nitrogens with one attached hydrogen (secondary N) is 1. The molecule has 1 aliphatic rings. The van der Waals surface area contributed by atoms with Crippen LogP contribution in [0.25, 0.3) is 0 Å². The van der Waals surface area contributed by atoms with Crippen LogP contribution < -0.4 is 4.72 Å². The Morgan fingerprint density at radius 1 is 1.32 bits per heavy atom. The summed E-state index contributed by atoms with van der Waals surface area (Å²) in [7, 11) is -3.66. The molecule has 1 atom stereocenters. The van der Waals surface area contributed by atoms with Crippen LogP contribution in [0.2, 0.25) is 0 Å². The third-order valence-corrected chi connectivity index (χ3v) is 4.99. The molecule has 0 aromatic heterocycles. The van der Waals surface area contributed by atoms with Crippen LogP contribution in [0, 0.1) is 0 Å². The van der Waals surface area contributed by atoms with Crippen LogP contribution in [0.3, 0.4) is 0 Å². The van der Waals surface area contributed by atoms with Gasteiger partial charge in [-0.2, -0.15) is 12.7 Å². The third-order valence-electron chi connectivity index (χ3n) is 3.36. The fourth-order valence-corrected chi connectivity index (χ4v) is 3.74. The van der Waals surface area contributed by atoms with E-state index in [0.29, 0.717) is 19.5 Å². The molecule has 6 nitrogen and oxygen atoms in total. The van der Waals surface area contributed by atoms with E-state index in [2.05, 4.69) is 11.6 Å². The number of piperidine rings is 1. The molecule has 112 valence electrons. The van der Waals surface area contributed by atoms with E-state index in [-0.39, 0.29) is 0 Å². The van der Waals surface area contributed by atoms with Crippen molar-refractivity contribution < 1.29 is 18.3 Å². The summed E-state index contributed by atoms with van der Waals surface area (Å²) >= 11 is 0. The first kappa shape index (κ1) is 16.4. The lowest BCUT2D eigenvalue weighted by molar-refractivity contribution is -0.142. The summed E-state index contributed by atoms with van der Waals surface area (Å²) in [5, 5.41) is 9.08. The highest BCUT2D eigenvalue weighted by atomic mass is 32.2. The summed E-state index contributed by atoms with van der Waals surface area (Å²) in [6.07, 6.45) is 5.84. The highest BCUT2D eigenvalue weighted by Gasteiger charge is 2.36. The monoisotopic (exact) mass is 292 g/mol. The lowest BCUT2D eigenvalue weighted by Crippen LogP contribution is -2.52. The number of rotatable bonds is 8. The first-order valence-electron chi connectivity index (χ1n) is 6.98. The third kappa shape index (κ3) is 5.08. The molecule has 0 saturated carbocycles. The van der Waals surface area contributed by atoms with Gasteiger partial charge in [0.15, 0.2) is 0 Å². The maximum Gasteiger partial charge on any atom is 0.322 e. The predicted molar refractivity (Wildman–Crippen MR) is 73.0 cm³/mol. The van der Waals surface area contributed by atoms with Crippen molar-refractivity contribution in [1.29, 1.82) is 0 Å². The second-order valence-corrected chi connectivity index (χ2v) is 6.63. The number of hydrogen-bond acceptors (Lipinski definition) is 3. The summed E-state index contributed by atoms with van der Waals surface area (Å²) < 4.78 is 27.8. The topological polar surface area (TPSA) is 86.7 Å². The van der Waals surface area contributed by atoms with Gasteiger partial charge in [-0.25, -0.2) is 4.72 Å². The van der Waals surface area contributed by atoms with Gasteiger partial charge in [0, 0.05) is 13.1 Å². The van der Waals surface area contributed by atoms with Gasteiger partial charge in [-0.3, -0.25) is 4.79 Å². The fourth-order valence-electron chi connectivity index (χ4n) is 2.28. The number of aliphatic carboxylic acids is 1. The normalized spacial score (nSPS) is 21.4. The number of carbonyl (C=O) groups is 1. The lowest BCUT2D eigenvalue weighted by Gasteiger charge is -2.31. The van der Waals surface area contributed by atoms with E-state index in [1.54, 1.807) is 0 Å². The molecule has 1 aliphatic heterocycles. The van der Waals surface area contributed by atoms with Gasteiger partial charge >= 0.3 is 5.97 Å². The van der Waals surface area contributed by atoms with Crippen LogP contribution in [-0.2, 0) is 15.0 Å². The lowest BCUT2D eigenvalue weighted by atomic mass is 10.1. The van der Waals surface area contributed by atoms with Crippen LogP contribution in [-0.4, -0.2) is 42.9 Å². The minimum Gasteiger partial charge on any atom is -0.480 e. The first-order valence-corrected chi connectivity index (χ1v) is 8.42. The van der Waals surface area contributed by atoms with Crippen molar-refractivity contribution in [3.05, 3.63) is 0 Å². The number of hydrogen-bond donors (Lipinski definition) is 2. The van der Waals surface area contributed by atoms with E-state index < -0.39 is 22.2 Å². The predicted octanol–water partition coefficient (Wildman–Crippen LogP) is 1.34. The van der Waals surface area contributed by atoms with Crippen molar-refractivity contribution in [3.63, 3.8) is 0 Å². The molecule has 1 unspecified atom stereocenters. The van der Waals surface area contributed by atoms with E-state index in [0.717, 1.165) is 42.8 Å². The highest BCUT2D eigenvalue weighted by molar-refractivity contribution is 7.87. The number of carboxylic acid groups (broad SMARTS) is 1. The second kappa shape index (κ2) is 7.81. The maximum absolute atomic E-state index is 12.1. The standard InChI is InChI=1S/C12H24N2O4S/c1-2-3-4-6-9-13-19(17,18)14-10-7-5-8-11(14)12(15)16/h11,13H,2-10H2,1H3,(H,15,16). The van der Waals surface area contributed by atoms with Gasteiger partial charge in [-0.05, 0) is 25.7 Å². The molecule has 2 N–H and O–H groups in total. The molecule has 0 aromatic carbocycles. The Kier molecular flexibility index (Phi) is 6.74. The minimum atomic E-state index is -3.66.